The fourth-order valence-corrected chi connectivity index (χ4v) is 2.35. The van der Waals surface area contributed by atoms with Crippen molar-refractivity contribution in [1.82, 2.24) is 0 Å². The van der Waals surface area contributed by atoms with Crippen LogP contribution in [-0.4, -0.2) is 5.11 Å². The van der Waals surface area contributed by atoms with Crippen LogP contribution in [0.15, 0.2) is 78.9 Å². The second-order valence-corrected chi connectivity index (χ2v) is 4.78. The fraction of sp³-hybridized carbons (Fsp3) is 0.0526. The normalized spacial score (nSPS) is 12.8. The minimum absolute atomic E-state index is 0.574. The van der Waals surface area contributed by atoms with E-state index in [9.17, 15) is 5.11 Å². The van der Waals surface area contributed by atoms with Crippen LogP contribution >= 0.6 is 0 Å². The van der Waals surface area contributed by atoms with E-state index in [1.165, 1.54) is 10.8 Å². The zero-order valence-corrected chi connectivity index (χ0v) is 11.1. The van der Waals surface area contributed by atoms with Crippen LogP contribution in [0.25, 0.3) is 16.8 Å². The quantitative estimate of drug-likeness (QED) is 0.730. The summed E-state index contributed by atoms with van der Waals surface area (Å²) >= 11 is 0. The molecule has 3 aromatic carbocycles. The van der Waals surface area contributed by atoms with Crippen LogP contribution in [0.1, 0.15) is 17.2 Å². The van der Waals surface area contributed by atoms with E-state index in [2.05, 4.69) is 24.3 Å². The van der Waals surface area contributed by atoms with Gasteiger partial charge in [0.15, 0.2) is 0 Å². The summed E-state index contributed by atoms with van der Waals surface area (Å²) in [6.07, 6.45) is 3.24. The lowest BCUT2D eigenvalue weighted by Gasteiger charge is -2.06. The Hall–Kier alpha value is -2.38. The molecule has 1 heteroatoms. The molecule has 1 nitrogen and oxygen atoms in total. The highest BCUT2D eigenvalue weighted by molar-refractivity contribution is 5.90. The average molecular weight is 260 g/mol. The third-order valence-electron chi connectivity index (χ3n) is 3.42. The van der Waals surface area contributed by atoms with E-state index in [1.807, 2.05) is 60.7 Å². The fourth-order valence-electron chi connectivity index (χ4n) is 2.35. The third kappa shape index (κ3) is 2.63. The van der Waals surface area contributed by atoms with Gasteiger partial charge < -0.3 is 5.11 Å². The number of fused-ring (bicyclic) bond motifs is 1. The molecule has 0 aliphatic carbocycles. The number of hydrogen-bond acceptors (Lipinski definition) is 1. The zero-order valence-electron chi connectivity index (χ0n) is 11.1. The van der Waals surface area contributed by atoms with E-state index in [-0.39, 0.29) is 0 Å². The Bertz CT molecular complexity index is 724. The van der Waals surface area contributed by atoms with Gasteiger partial charge in [0.05, 0.1) is 6.10 Å². The van der Waals surface area contributed by atoms with Crippen molar-refractivity contribution in [3.05, 3.63) is 90.0 Å². The molecule has 3 rings (SSSR count). The monoisotopic (exact) mass is 260 g/mol. The van der Waals surface area contributed by atoms with Crippen molar-refractivity contribution in [3.63, 3.8) is 0 Å². The van der Waals surface area contributed by atoms with Crippen LogP contribution in [-0.2, 0) is 0 Å². The minimum atomic E-state index is -0.574. The molecule has 3 aromatic rings. The number of aliphatic hydroxyl groups is 1. The lowest BCUT2D eigenvalue weighted by Crippen LogP contribution is -1.91. The van der Waals surface area contributed by atoms with Crippen LogP contribution in [0.2, 0.25) is 0 Å². The molecule has 0 aliphatic rings. The predicted molar refractivity (Wildman–Crippen MR) is 84.4 cm³/mol. The molecular weight excluding hydrogens is 244 g/mol. The van der Waals surface area contributed by atoms with Crippen LogP contribution in [0, 0.1) is 0 Å². The Balaban J connectivity index is 1.91. The molecule has 0 saturated carbocycles. The molecule has 0 heterocycles. The summed E-state index contributed by atoms with van der Waals surface area (Å²) in [5.41, 5.74) is 2.03. The Kier molecular flexibility index (Phi) is 3.62. The molecule has 0 radical (unpaired) electrons. The maximum atomic E-state index is 10.2. The van der Waals surface area contributed by atoms with E-state index in [0.717, 1.165) is 11.1 Å². The largest absolute Gasteiger partial charge is 0.384 e. The summed E-state index contributed by atoms with van der Waals surface area (Å²) in [5, 5.41) is 12.6. The molecule has 98 valence electrons. The SMILES string of the molecule is OC(/C=C/c1cccc2ccccc12)c1ccccc1. The average Bonchev–Trinajstić information content (AvgIpc) is 2.53. The van der Waals surface area contributed by atoms with Crippen LogP contribution in [0.3, 0.4) is 0 Å². The highest BCUT2D eigenvalue weighted by Crippen LogP contribution is 2.21. The molecule has 1 unspecified atom stereocenters. The number of hydrogen-bond donors (Lipinski definition) is 1. The second-order valence-electron chi connectivity index (χ2n) is 4.78. The van der Waals surface area contributed by atoms with E-state index in [4.69, 9.17) is 0 Å². The second kappa shape index (κ2) is 5.72. The van der Waals surface area contributed by atoms with Crippen molar-refractivity contribution in [2.75, 3.05) is 0 Å². The summed E-state index contributed by atoms with van der Waals surface area (Å²) in [6, 6.07) is 24.1. The standard InChI is InChI=1S/C19H16O/c20-19(17-8-2-1-3-9-17)14-13-16-11-6-10-15-7-4-5-12-18(15)16/h1-14,19-20H/b14-13+. The summed E-state index contributed by atoms with van der Waals surface area (Å²) < 4.78 is 0. The van der Waals surface area contributed by atoms with E-state index in [1.54, 1.807) is 0 Å². The Morgan fingerprint density at radius 1 is 0.750 bits per heavy atom. The molecular formula is C19H16O. The summed E-state index contributed by atoms with van der Waals surface area (Å²) in [6.45, 7) is 0. The molecule has 0 aromatic heterocycles. The van der Waals surface area contributed by atoms with Crippen LogP contribution in [0.4, 0.5) is 0 Å². The summed E-state index contributed by atoms with van der Waals surface area (Å²) in [4.78, 5) is 0. The molecule has 0 fully saturated rings. The number of aliphatic hydroxyl groups excluding tert-OH is 1. The van der Waals surface area contributed by atoms with Gasteiger partial charge in [0.1, 0.15) is 0 Å². The van der Waals surface area contributed by atoms with Crippen LogP contribution < -0.4 is 0 Å². The lowest BCUT2D eigenvalue weighted by molar-refractivity contribution is 0.229. The summed E-state index contributed by atoms with van der Waals surface area (Å²) in [7, 11) is 0. The molecule has 0 saturated heterocycles. The van der Waals surface area contributed by atoms with Crippen LogP contribution in [0.5, 0.6) is 0 Å². The van der Waals surface area contributed by atoms with Gasteiger partial charge in [-0.3, -0.25) is 0 Å². The smallest absolute Gasteiger partial charge is 0.0975 e. The van der Waals surface area contributed by atoms with E-state index >= 15 is 0 Å². The predicted octanol–water partition coefficient (Wildman–Crippen LogP) is 4.59. The molecule has 0 amide bonds. The van der Waals surface area contributed by atoms with Gasteiger partial charge >= 0.3 is 0 Å². The van der Waals surface area contributed by atoms with Gasteiger partial charge in [-0.25, -0.2) is 0 Å². The zero-order chi connectivity index (χ0) is 13.8. The van der Waals surface area contributed by atoms with Crippen molar-refractivity contribution in [3.8, 4) is 0 Å². The topological polar surface area (TPSA) is 20.2 Å². The first-order valence-electron chi connectivity index (χ1n) is 6.73. The van der Waals surface area contributed by atoms with Crippen molar-refractivity contribution in [2.45, 2.75) is 6.10 Å². The summed E-state index contributed by atoms with van der Waals surface area (Å²) in [5.74, 6) is 0. The first kappa shape index (κ1) is 12.6. The molecule has 1 atom stereocenters. The highest BCUT2D eigenvalue weighted by Gasteiger charge is 2.02. The van der Waals surface area contributed by atoms with E-state index < -0.39 is 6.10 Å². The Morgan fingerprint density at radius 3 is 2.30 bits per heavy atom. The molecule has 0 bridgehead atoms. The van der Waals surface area contributed by atoms with Crippen molar-refractivity contribution in [2.24, 2.45) is 0 Å². The number of rotatable bonds is 3. The van der Waals surface area contributed by atoms with Gasteiger partial charge in [0.25, 0.3) is 0 Å². The molecule has 0 spiro atoms. The lowest BCUT2D eigenvalue weighted by atomic mass is 10.0. The van der Waals surface area contributed by atoms with Gasteiger partial charge in [0, 0.05) is 0 Å². The number of benzene rings is 3. The van der Waals surface area contributed by atoms with Gasteiger partial charge in [-0.2, -0.15) is 0 Å². The van der Waals surface area contributed by atoms with Crippen molar-refractivity contribution >= 4 is 16.8 Å². The molecule has 0 aliphatic heterocycles. The van der Waals surface area contributed by atoms with Crippen molar-refractivity contribution in [1.29, 1.82) is 0 Å². The maximum absolute atomic E-state index is 10.2. The van der Waals surface area contributed by atoms with Gasteiger partial charge in [-0.1, -0.05) is 84.9 Å². The third-order valence-corrected chi connectivity index (χ3v) is 3.42. The highest BCUT2D eigenvalue weighted by atomic mass is 16.3. The first-order chi connectivity index (χ1) is 9.84. The Labute approximate surface area is 118 Å². The minimum Gasteiger partial charge on any atom is -0.384 e. The first-order valence-corrected chi connectivity index (χ1v) is 6.73. The Morgan fingerprint density at radius 2 is 1.45 bits per heavy atom. The van der Waals surface area contributed by atoms with Crippen molar-refractivity contribution < 1.29 is 5.11 Å². The molecule has 20 heavy (non-hydrogen) atoms. The maximum Gasteiger partial charge on any atom is 0.0975 e. The van der Waals surface area contributed by atoms with E-state index in [0.29, 0.717) is 0 Å². The van der Waals surface area contributed by atoms with Gasteiger partial charge in [-0.05, 0) is 21.9 Å². The van der Waals surface area contributed by atoms with Gasteiger partial charge in [0.2, 0.25) is 0 Å². The van der Waals surface area contributed by atoms with Gasteiger partial charge in [-0.15, -0.1) is 0 Å². The molecule has 1 N–H and O–H groups in total.